The number of benzene rings is 4. The van der Waals surface area contributed by atoms with Gasteiger partial charge in [0.05, 0.1) is 0 Å². The minimum absolute atomic E-state index is 0.0149. The second-order valence-electron chi connectivity index (χ2n) is 10.7. The van der Waals surface area contributed by atoms with Gasteiger partial charge in [-0.25, -0.2) is 22.0 Å². The van der Waals surface area contributed by atoms with Gasteiger partial charge >= 0.3 is 6.18 Å². The van der Waals surface area contributed by atoms with Crippen molar-refractivity contribution in [1.29, 1.82) is 0 Å². The van der Waals surface area contributed by atoms with Crippen molar-refractivity contribution in [3.05, 3.63) is 117 Å². The summed E-state index contributed by atoms with van der Waals surface area (Å²) in [5.74, 6) is -5.10. The standard InChI is InChI=1S/C34H32F8/c1-2-3-4-5-6-7-22-17-28(35)27(29(36)18-22)15-10-21-9-14-26-25(16-21)13-12-24(33(26)39)11-8-23-19-30(37)32(31(38)20-23)34(40,41)42/h9,12-14,16-20H,2-8,10-11,15H2,1H3. The lowest BCUT2D eigenvalue weighted by atomic mass is 9.96. The first-order valence-electron chi connectivity index (χ1n) is 14.2. The Balaban J connectivity index is 1.41. The molecule has 0 amide bonds. The Morgan fingerprint density at radius 3 is 1.79 bits per heavy atom. The molecule has 224 valence electrons. The van der Waals surface area contributed by atoms with E-state index in [0.717, 1.165) is 37.7 Å². The second kappa shape index (κ2) is 13.7. The summed E-state index contributed by atoms with van der Waals surface area (Å²) < 4.78 is 111. The smallest absolute Gasteiger partial charge is 0.207 e. The molecule has 0 aromatic heterocycles. The molecular formula is C34H32F8. The maximum Gasteiger partial charge on any atom is 0.422 e. The van der Waals surface area contributed by atoms with E-state index in [1.807, 2.05) is 0 Å². The normalized spacial score (nSPS) is 11.9. The first kappa shape index (κ1) is 31.5. The fourth-order valence-corrected chi connectivity index (χ4v) is 5.30. The van der Waals surface area contributed by atoms with E-state index in [1.165, 1.54) is 18.2 Å². The average Bonchev–Trinajstić information content (AvgIpc) is 2.91. The Morgan fingerprint density at radius 2 is 1.14 bits per heavy atom. The van der Waals surface area contributed by atoms with Crippen LogP contribution in [0.15, 0.2) is 54.6 Å². The molecule has 0 saturated heterocycles. The fraction of sp³-hybridized carbons (Fsp3) is 0.353. The summed E-state index contributed by atoms with van der Waals surface area (Å²) in [6, 6.07) is 12.2. The topological polar surface area (TPSA) is 0 Å². The summed E-state index contributed by atoms with van der Waals surface area (Å²) >= 11 is 0. The van der Waals surface area contributed by atoms with E-state index in [9.17, 15) is 30.7 Å². The number of hydrogen-bond donors (Lipinski definition) is 0. The van der Waals surface area contributed by atoms with E-state index in [4.69, 9.17) is 0 Å². The van der Waals surface area contributed by atoms with Crippen LogP contribution in [0.1, 0.15) is 72.4 Å². The molecule has 0 fully saturated rings. The summed E-state index contributed by atoms with van der Waals surface area (Å²) in [6.45, 7) is 2.13. The molecule has 0 N–H and O–H groups in total. The first-order valence-corrected chi connectivity index (χ1v) is 14.2. The molecule has 4 aromatic carbocycles. The number of fused-ring (bicyclic) bond motifs is 1. The molecule has 0 radical (unpaired) electrons. The number of hydrogen-bond acceptors (Lipinski definition) is 0. The molecule has 42 heavy (non-hydrogen) atoms. The van der Waals surface area contributed by atoms with E-state index in [2.05, 4.69) is 6.92 Å². The number of unbranched alkanes of at least 4 members (excludes halogenated alkanes) is 4. The Kier molecular flexibility index (Phi) is 10.3. The third kappa shape index (κ3) is 7.69. The van der Waals surface area contributed by atoms with Crippen molar-refractivity contribution in [3.63, 3.8) is 0 Å². The highest BCUT2D eigenvalue weighted by atomic mass is 19.4. The van der Waals surface area contributed by atoms with Gasteiger partial charge < -0.3 is 0 Å². The molecule has 0 saturated carbocycles. The number of alkyl halides is 3. The molecule has 0 nitrogen and oxygen atoms in total. The lowest BCUT2D eigenvalue weighted by Crippen LogP contribution is -2.12. The largest absolute Gasteiger partial charge is 0.422 e. The fourth-order valence-electron chi connectivity index (χ4n) is 5.30. The van der Waals surface area contributed by atoms with E-state index in [-0.39, 0.29) is 36.0 Å². The van der Waals surface area contributed by atoms with Crippen molar-refractivity contribution in [2.75, 3.05) is 0 Å². The van der Waals surface area contributed by atoms with Crippen molar-refractivity contribution < 1.29 is 35.1 Å². The Labute approximate surface area is 240 Å². The van der Waals surface area contributed by atoms with Crippen LogP contribution in [0, 0.1) is 29.1 Å². The lowest BCUT2D eigenvalue weighted by Gasteiger charge is -2.12. The van der Waals surface area contributed by atoms with Gasteiger partial charge in [-0.15, -0.1) is 0 Å². The van der Waals surface area contributed by atoms with Crippen molar-refractivity contribution in [1.82, 2.24) is 0 Å². The lowest BCUT2D eigenvalue weighted by molar-refractivity contribution is -0.142. The molecule has 0 aliphatic carbocycles. The van der Waals surface area contributed by atoms with Gasteiger partial charge in [-0.05, 0) is 90.4 Å². The molecule has 4 aromatic rings. The average molecular weight is 593 g/mol. The molecular weight excluding hydrogens is 560 g/mol. The number of halogens is 8. The molecule has 0 aliphatic heterocycles. The van der Waals surface area contributed by atoms with Crippen LogP contribution < -0.4 is 0 Å². The van der Waals surface area contributed by atoms with Gasteiger partial charge in [0.2, 0.25) is 0 Å². The zero-order valence-corrected chi connectivity index (χ0v) is 23.3. The van der Waals surface area contributed by atoms with Crippen LogP contribution >= 0.6 is 0 Å². The van der Waals surface area contributed by atoms with Crippen molar-refractivity contribution in [2.24, 2.45) is 0 Å². The quantitative estimate of drug-likeness (QED) is 0.113. The predicted molar refractivity (Wildman–Crippen MR) is 149 cm³/mol. The molecule has 0 aliphatic rings. The Bertz CT molecular complexity index is 1490. The van der Waals surface area contributed by atoms with Crippen LogP contribution in [-0.2, 0) is 38.3 Å². The maximum atomic E-state index is 15.2. The van der Waals surface area contributed by atoms with Gasteiger partial charge in [0, 0.05) is 10.9 Å². The monoisotopic (exact) mass is 592 g/mol. The molecule has 0 bridgehead atoms. The highest BCUT2D eigenvalue weighted by Gasteiger charge is 2.37. The summed E-state index contributed by atoms with van der Waals surface area (Å²) in [5.41, 5.74) is -0.296. The summed E-state index contributed by atoms with van der Waals surface area (Å²) in [7, 11) is 0. The van der Waals surface area contributed by atoms with E-state index in [1.54, 1.807) is 24.3 Å². The number of rotatable bonds is 12. The second-order valence-corrected chi connectivity index (χ2v) is 10.7. The molecule has 0 heterocycles. The van der Waals surface area contributed by atoms with Crippen LogP contribution in [0.3, 0.4) is 0 Å². The van der Waals surface area contributed by atoms with E-state index >= 15 is 4.39 Å². The van der Waals surface area contributed by atoms with Crippen LogP contribution in [0.2, 0.25) is 0 Å². The summed E-state index contributed by atoms with van der Waals surface area (Å²) in [4.78, 5) is 0. The van der Waals surface area contributed by atoms with Crippen LogP contribution in [0.5, 0.6) is 0 Å². The molecule has 0 unspecified atom stereocenters. The van der Waals surface area contributed by atoms with Crippen LogP contribution in [0.25, 0.3) is 10.8 Å². The first-order chi connectivity index (χ1) is 20.0. The van der Waals surface area contributed by atoms with E-state index < -0.39 is 40.8 Å². The highest BCUT2D eigenvalue weighted by Crippen LogP contribution is 2.34. The zero-order valence-electron chi connectivity index (χ0n) is 23.3. The highest BCUT2D eigenvalue weighted by molar-refractivity contribution is 5.84. The predicted octanol–water partition coefficient (Wildman–Crippen LogP) is 10.6. The number of aryl methyl sites for hydroxylation is 4. The molecule has 0 atom stereocenters. The van der Waals surface area contributed by atoms with Gasteiger partial charge in [-0.1, -0.05) is 62.9 Å². The van der Waals surface area contributed by atoms with Gasteiger partial charge in [-0.2, -0.15) is 13.2 Å². The maximum absolute atomic E-state index is 15.2. The SMILES string of the molecule is CCCCCCCc1cc(F)c(CCc2ccc3c(F)c(CCc4cc(F)c(C(F)(F)F)c(F)c4)ccc3c2)c(F)c1. The Morgan fingerprint density at radius 1 is 0.548 bits per heavy atom. The van der Waals surface area contributed by atoms with Crippen molar-refractivity contribution in [3.8, 4) is 0 Å². The zero-order chi connectivity index (χ0) is 30.4. The summed E-state index contributed by atoms with van der Waals surface area (Å²) in [6.07, 6.45) is 1.22. The van der Waals surface area contributed by atoms with E-state index in [0.29, 0.717) is 41.3 Å². The van der Waals surface area contributed by atoms with Crippen molar-refractivity contribution in [2.45, 2.75) is 77.3 Å². The van der Waals surface area contributed by atoms with Gasteiger partial charge in [0.1, 0.15) is 34.6 Å². The van der Waals surface area contributed by atoms with Gasteiger partial charge in [-0.3, -0.25) is 0 Å². The van der Waals surface area contributed by atoms with Crippen LogP contribution in [-0.4, -0.2) is 0 Å². The Hall–Kier alpha value is -3.42. The third-order valence-corrected chi connectivity index (χ3v) is 7.60. The molecule has 4 rings (SSSR count). The van der Waals surface area contributed by atoms with Gasteiger partial charge in [0.15, 0.2) is 0 Å². The third-order valence-electron chi connectivity index (χ3n) is 7.60. The summed E-state index contributed by atoms with van der Waals surface area (Å²) in [5, 5.41) is 0.862. The molecule has 8 heteroatoms. The minimum atomic E-state index is -5.16. The van der Waals surface area contributed by atoms with Crippen LogP contribution in [0.4, 0.5) is 35.1 Å². The van der Waals surface area contributed by atoms with Crippen molar-refractivity contribution >= 4 is 10.8 Å². The van der Waals surface area contributed by atoms with Gasteiger partial charge in [0.25, 0.3) is 0 Å². The molecule has 0 spiro atoms. The minimum Gasteiger partial charge on any atom is -0.207 e.